The number of piperazine rings is 1. The van der Waals surface area contributed by atoms with Crippen molar-refractivity contribution in [2.45, 2.75) is 18.9 Å². The van der Waals surface area contributed by atoms with Gasteiger partial charge in [0, 0.05) is 39.3 Å². The van der Waals surface area contributed by atoms with Crippen molar-refractivity contribution < 1.29 is 9.59 Å². The lowest BCUT2D eigenvalue weighted by molar-refractivity contribution is -0.136. The summed E-state index contributed by atoms with van der Waals surface area (Å²) in [6.07, 6.45) is 2.15. The van der Waals surface area contributed by atoms with Crippen molar-refractivity contribution in [2.75, 3.05) is 39.3 Å². The monoisotopic (exact) mass is 411 g/mol. The maximum atomic E-state index is 13.3. The van der Waals surface area contributed by atoms with Gasteiger partial charge >= 0.3 is 0 Å². The first-order chi connectivity index (χ1) is 14.1. The Labute approximate surface area is 176 Å². The minimum atomic E-state index is -0.285. The van der Waals surface area contributed by atoms with Crippen molar-refractivity contribution in [2.24, 2.45) is 0 Å². The molecule has 0 aromatic heterocycles. The number of nitrogens with zero attached hydrogens (tertiary/aromatic N) is 3. The number of likely N-dealkylation sites (tertiary alicyclic amines) is 1. The number of carbonyl (C=O) groups excluding carboxylic acids is 2. The van der Waals surface area contributed by atoms with Crippen molar-refractivity contribution in [3.63, 3.8) is 0 Å². The predicted molar refractivity (Wildman–Crippen MR) is 114 cm³/mol. The Bertz CT molecular complexity index is 859. The van der Waals surface area contributed by atoms with E-state index in [1.165, 1.54) is 0 Å². The van der Waals surface area contributed by atoms with E-state index >= 15 is 0 Å². The van der Waals surface area contributed by atoms with Gasteiger partial charge in [-0.2, -0.15) is 0 Å². The minimum Gasteiger partial charge on any atom is -0.341 e. The molecule has 2 saturated heterocycles. The van der Waals surface area contributed by atoms with E-state index in [1.807, 2.05) is 52.3 Å². The second-order valence-electron chi connectivity index (χ2n) is 7.65. The van der Waals surface area contributed by atoms with E-state index in [4.69, 9.17) is 11.6 Å². The molecule has 0 N–H and O–H groups in total. The smallest absolute Gasteiger partial charge is 0.255 e. The lowest BCUT2D eigenvalue weighted by Gasteiger charge is -2.40. The SMILES string of the molecule is O=C(c1ccccc1Cl)N1CCN([C@H](C(=O)N2CCCC2)c2ccccc2)CC1. The molecule has 6 heteroatoms. The van der Waals surface area contributed by atoms with E-state index in [0.717, 1.165) is 31.5 Å². The van der Waals surface area contributed by atoms with Gasteiger partial charge in [-0.1, -0.05) is 54.1 Å². The van der Waals surface area contributed by atoms with Crippen LogP contribution in [-0.2, 0) is 4.79 Å². The maximum Gasteiger partial charge on any atom is 0.255 e. The lowest BCUT2D eigenvalue weighted by atomic mass is 10.0. The van der Waals surface area contributed by atoms with Gasteiger partial charge < -0.3 is 9.80 Å². The van der Waals surface area contributed by atoms with Crippen LogP contribution in [0.4, 0.5) is 0 Å². The van der Waals surface area contributed by atoms with Gasteiger partial charge in [-0.25, -0.2) is 0 Å². The molecular weight excluding hydrogens is 386 g/mol. The van der Waals surface area contributed by atoms with Gasteiger partial charge in [0.15, 0.2) is 0 Å². The molecule has 2 aliphatic heterocycles. The van der Waals surface area contributed by atoms with Crippen molar-refractivity contribution in [3.05, 3.63) is 70.7 Å². The Balaban J connectivity index is 1.49. The van der Waals surface area contributed by atoms with Crippen LogP contribution < -0.4 is 0 Å². The fourth-order valence-electron chi connectivity index (χ4n) is 4.24. The van der Waals surface area contributed by atoms with E-state index in [-0.39, 0.29) is 17.9 Å². The third-order valence-corrected chi connectivity index (χ3v) is 6.17. The molecule has 0 radical (unpaired) electrons. The highest BCUT2D eigenvalue weighted by molar-refractivity contribution is 6.33. The lowest BCUT2D eigenvalue weighted by Crippen LogP contribution is -2.52. The fraction of sp³-hybridized carbons (Fsp3) is 0.391. The van der Waals surface area contributed by atoms with Crippen molar-refractivity contribution in [1.29, 1.82) is 0 Å². The molecule has 0 saturated carbocycles. The molecule has 0 spiro atoms. The summed E-state index contributed by atoms with van der Waals surface area (Å²) < 4.78 is 0. The predicted octanol–water partition coefficient (Wildman–Crippen LogP) is 3.46. The van der Waals surface area contributed by atoms with Crippen molar-refractivity contribution in [3.8, 4) is 0 Å². The van der Waals surface area contributed by atoms with E-state index in [9.17, 15) is 9.59 Å². The highest BCUT2D eigenvalue weighted by Crippen LogP contribution is 2.27. The summed E-state index contributed by atoms with van der Waals surface area (Å²) in [7, 11) is 0. The second-order valence-corrected chi connectivity index (χ2v) is 8.06. The van der Waals surface area contributed by atoms with Crippen LogP contribution in [0, 0.1) is 0 Å². The summed E-state index contributed by atoms with van der Waals surface area (Å²) in [4.78, 5) is 32.2. The van der Waals surface area contributed by atoms with Crippen LogP contribution >= 0.6 is 11.6 Å². The zero-order chi connectivity index (χ0) is 20.2. The van der Waals surface area contributed by atoms with Crippen LogP contribution in [0.2, 0.25) is 5.02 Å². The molecule has 2 amide bonds. The topological polar surface area (TPSA) is 43.9 Å². The maximum absolute atomic E-state index is 13.3. The molecule has 0 aliphatic carbocycles. The van der Waals surface area contributed by atoms with Crippen LogP contribution in [0.25, 0.3) is 0 Å². The Morgan fingerprint density at radius 2 is 1.38 bits per heavy atom. The van der Waals surface area contributed by atoms with Crippen molar-refractivity contribution >= 4 is 23.4 Å². The third-order valence-electron chi connectivity index (χ3n) is 5.84. The molecule has 2 aromatic rings. The molecular formula is C23H26ClN3O2. The zero-order valence-electron chi connectivity index (χ0n) is 16.5. The minimum absolute atomic E-state index is 0.0441. The molecule has 0 bridgehead atoms. The Morgan fingerprint density at radius 1 is 0.759 bits per heavy atom. The normalized spacial score (nSPS) is 18.7. The number of rotatable bonds is 4. The highest BCUT2D eigenvalue weighted by atomic mass is 35.5. The number of benzene rings is 2. The second kappa shape index (κ2) is 8.97. The molecule has 152 valence electrons. The zero-order valence-corrected chi connectivity index (χ0v) is 17.2. The summed E-state index contributed by atoms with van der Waals surface area (Å²) in [5, 5.41) is 0.478. The average Bonchev–Trinajstić information content (AvgIpc) is 3.30. The first-order valence-electron chi connectivity index (χ1n) is 10.3. The molecule has 5 nitrogen and oxygen atoms in total. The first-order valence-corrected chi connectivity index (χ1v) is 10.6. The van der Waals surface area contributed by atoms with Gasteiger partial charge in [-0.05, 0) is 30.5 Å². The average molecular weight is 412 g/mol. The van der Waals surface area contributed by atoms with Crippen LogP contribution in [0.1, 0.15) is 34.8 Å². The van der Waals surface area contributed by atoms with Crippen LogP contribution in [-0.4, -0.2) is 65.8 Å². The molecule has 2 aliphatic rings. The van der Waals surface area contributed by atoms with Gasteiger partial charge in [0.25, 0.3) is 5.91 Å². The number of hydrogen-bond donors (Lipinski definition) is 0. The van der Waals surface area contributed by atoms with E-state index in [1.54, 1.807) is 12.1 Å². The third kappa shape index (κ3) is 4.31. The molecule has 2 heterocycles. The van der Waals surface area contributed by atoms with E-state index in [2.05, 4.69) is 4.90 Å². The molecule has 29 heavy (non-hydrogen) atoms. The number of carbonyl (C=O) groups is 2. The van der Waals surface area contributed by atoms with Gasteiger partial charge in [0.05, 0.1) is 10.6 Å². The summed E-state index contributed by atoms with van der Waals surface area (Å²) >= 11 is 6.20. The number of halogens is 1. The Kier molecular flexibility index (Phi) is 6.16. The Hall–Kier alpha value is -2.37. The van der Waals surface area contributed by atoms with Gasteiger partial charge in [-0.15, -0.1) is 0 Å². The Morgan fingerprint density at radius 3 is 2.03 bits per heavy atom. The summed E-state index contributed by atoms with van der Waals surface area (Å²) in [5.74, 6) is 0.136. The van der Waals surface area contributed by atoms with Crippen LogP contribution in [0.15, 0.2) is 54.6 Å². The van der Waals surface area contributed by atoms with Gasteiger partial charge in [0.2, 0.25) is 5.91 Å². The molecule has 0 unspecified atom stereocenters. The largest absolute Gasteiger partial charge is 0.341 e. The first kappa shape index (κ1) is 19.9. The van der Waals surface area contributed by atoms with Crippen molar-refractivity contribution in [1.82, 2.24) is 14.7 Å². The van der Waals surface area contributed by atoms with Gasteiger partial charge in [0.1, 0.15) is 6.04 Å². The van der Waals surface area contributed by atoms with Crippen LogP contribution in [0.5, 0.6) is 0 Å². The standard InChI is InChI=1S/C23H26ClN3O2/c24-20-11-5-4-10-19(20)22(28)27-16-14-25(15-17-27)21(18-8-2-1-3-9-18)23(29)26-12-6-7-13-26/h1-5,8-11,21H,6-7,12-17H2/t21-/m0/s1. The van der Waals surface area contributed by atoms with E-state index in [0.29, 0.717) is 36.8 Å². The fourth-order valence-corrected chi connectivity index (χ4v) is 4.46. The molecule has 2 fully saturated rings. The quantitative estimate of drug-likeness (QED) is 0.773. The summed E-state index contributed by atoms with van der Waals surface area (Å²) in [5.41, 5.74) is 1.56. The summed E-state index contributed by atoms with van der Waals surface area (Å²) in [6.45, 7) is 4.17. The molecule has 4 rings (SSSR count). The van der Waals surface area contributed by atoms with Crippen LogP contribution in [0.3, 0.4) is 0 Å². The highest BCUT2D eigenvalue weighted by Gasteiger charge is 2.35. The van der Waals surface area contributed by atoms with E-state index < -0.39 is 0 Å². The van der Waals surface area contributed by atoms with Gasteiger partial charge in [-0.3, -0.25) is 14.5 Å². The number of amides is 2. The molecule has 2 aromatic carbocycles. The number of hydrogen-bond acceptors (Lipinski definition) is 3. The summed E-state index contributed by atoms with van der Waals surface area (Å²) in [6, 6.07) is 16.9. The molecule has 1 atom stereocenters.